The van der Waals surface area contributed by atoms with Crippen LogP contribution in [-0.2, 0) is 27.9 Å². The van der Waals surface area contributed by atoms with Crippen LogP contribution >= 0.6 is 0 Å². The Kier molecular flexibility index (Phi) is 4.77. The number of rotatable bonds is 6. The van der Waals surface area contributed by atoms with Crippen molar-refractivity contribution in [3.8, 4) is 0 Å². The molecule has 110 valence electrons. The van der Waals surface area contributed by atoms with Crippen molar-refractivity contribution in [1.29, 1.82) is 0 Å². The van der Waals surface area contributed by atoms with E-state index in [-0.39, 0.29) is 11.7 Å². The average molecular weight is 296 g/mol. The van der Waals surface area contributed by atoms with Crippen molar-refractivity contribution in [1.82, 2.24) is 9.62 Å². The third-order valence-corrected chi connectivity index (χ3v) is 4.79. The molecule has 0 unspecified atom stereocenters. The van der Waals surface area contributed by atoms with E-state index in [0.29, 0.717) is 19.5 Å². The number of sulfonamides is 1. The van der Waals surface area contributed by atoms with Crippen molar-refractivity contribution in [3.63, 3.8) is 0 Å². The summed E-state index contributed by atoms with van der Waals surface area (Å²) in [5, 5.41) is 0. The lowest BCUT2D eigenvalue weighted by Crippen LogP contribution is -2.25. The molecule has 0 bridgehead atoms. The fraction of sp³-hybridized carbons (Fsp3) is 0.500. The molecule has 6 heteroatoms. The van der Waals surface area contributed by atoms with Gasteiger partial charge in [0.15, 0.2) is 0 Å². The molecule has 5 nitrogen and oxygen atoms in total. The predicted octanol–water partition coefficient (Wildman–Crippen LogP) is 1.25. The summed E-state index contributed by atoms with van der Waals surface area (Å²) in [6.07, 6.45) is 1.59. The monoisotopic (exact) mass is 296 g/mol. The molecule has 20 heavy (non-hydrogen) atoms. The number of carbonyl (C=O) groups is 1. The first kappa shape index (κ1) is 15.0. The minimum Gasteiger partial charge on any atom is -0.338 e. The van der Waals surface area contributed by atoms with E-state index < -0.39 is 10.0 Å². The summed E-state index contributed by atoms with van der Waals surface area (Å²) in [4.78, 5) is 13.4. The topological polar surface area (TPSA) is 66.5 Å². The Balaban J connectivity index is 1.91. The van der Waals surface area contributed by atoms with Crippen LogP contribution in [0.3, 0.4) is 0 Å². The van der Waals surface area contributed by atoms with Gasteiger partial charge in [0.1, 0.15) is 0 Å². The van der Waals surface area contributed by atoms with Gasteiger partial charge in [0.25, 0.3) is 0 Å². The van der Waals surface area contributed by atoms with Crippen LogP contribution in [0.1, 0.15) is 30.9 Å². The summed E-state index contributed by atoms with van der Waals surface area (Å²) in [5.41, 5.74) is 1.99. The molecule has 1 aromatic rings. The van der Waals surface area contributed by atoms with Crippen molar-refractivity contribution in [2.45, 2.75) is 32.9 Å². The molecule has 1 aliphatic heterocycles. The van der Waals surface area contributed by atoms with Gasteiger partial charge in [0.05, 0.1) is 5.75 Å². The fourth-order valence-electron chi connectivity index (χ4n) is 2.15. The molecule has 2 rings (SSSR count). The maximum Gasteiger partial charge on any atom is 0.222 e. The van der Waals surface area contributed by atoms with Crippen LogP contribution in [-0.4, -0.2) is 31.5 Å². The van der Waals surface area contributed by atoms with Crippen LogP contribution in [0, 0.1) is 0 Å². The zero-order valence-electron chi connectivity index (χ0n) is 11.6. The number of benzene rings is 1. The molecule has 1 fully saturated rings. The Labute approximate surface area is 120 Å². The Morgan fingerprint density at radius 1 is 1.20 bits per heavy atom. The minimum absolute atomic E-state index is 0.0855. The lowest BCUT2D eigenvalue weighted by Gasteiger charge is -2.15. The highest BCUT2D eigenvalue weighted by Crippen LogP contribution is 2.14. The quantitative estimate of drug-likeness (QED) is 0.859. The molecule has 1 amide bonds. The molecule has 0 aromatic heterocycles. The maximum atomic E-state index is 11.5. The van der Waals surface area contributed by atoms with Gasteiger partial charge in [-0.3, -0.25) is 4.79 Å². The highest BCUT2D eigenvalue weighted by Gasteiger charge is 2.19. The molecular formula is C14H20N2O3S. The van der Waals surface area contributed by atoms with E-state index in [1.807, 2.05) is 29.2 Å². The Bertz CT molecular complexity index is 567. The van der Waals surface area contributed by atoms with Crippen molar-refractivity contribution >= 4 is 15.9 Å². The zero-order valence-corrected chi connectivity index (χ0v) is 12.4. The van der Waals surface area contributed by atoms with Gasteiger partial charge < -0.3 is 4.90 Å². The van der Waals surface area contributed by atoms with Gasteiger partial charge in [-0.2, -0.15) is 0 Å². The molecule has 0 saturated carbocycles. The summed E-state index contributed by atoms with van der Waals surface area (Å²) < 4.78 is 25.2. The Hall–Kier alpha value is -1.40. The third-order valence-electron chi connectivity index (χ3n) is 3.44. The summed E-state index contributed by atoms with van der Waals surface area (Å²) >= 11 is 0. The molecule has 1 aromatic carbocycles. The molecule has 1 N–H and O–H groups in total. The number of likely N-dealkylation sites (tertiary alicyclic amines) is 1. The Morgan fingerprint density at radius 3 is 2.40 bits per heavy atom. The van der Waals surface area contributed by atoms with Gasteiger partial charge in [-0.15, -0.1) is 0 Å². The van der Waals surface area contributed by atoms with Crippen LogP contribution in [0.2, 0.25) is 0 Å². The van der Waals surface area contributed by atoms with E-state index in [0.717, 1.165) is 24.1 Å². The second-order valence-corrected chi connectivity index (χ2v) is 7.06. The molecule has 0 aliphatic carbocycles. The SMILES string of the molecule is CCS(=O)(=O)NCc1ccc(CN2CCCC2=O)cc1. The van der Waals surface area contributed by atoms with Crippen LogP contribution in [0.5, 0.6) is 0 Å². The van der Waals surface area contributed by atoms with Crippen LogP contribution < -0.4 is 4.72 Å². The van der Waals surface area contributed by atoms with E-state index in [1.165, 1.54) is 0 Å². The van der Waals surface area contributed by atoms with Gasteiger partial charge in [-0.05, 0) is 24.5 Å². The van der Waals surface area contributed by atoms with E-state index >= 15 is 0 Å². The number of hydrogen-bond acceptors (Lipinski definition) is 3. The molecule has 1 aliphatic rings. The predicted molar refractivity (Wildman–Crippen MR) is 77.4 cm³/mol. The first-order valence-corrected chi connectivity index (χ1v) is 8.48. The van der Waals surface area contributed by atoms with E-state index in [2.05, 4.69) is 4.72 Å². The third kappa shape index (κ3) is 4.05. The van der Waals surface area contributed by atoms with Gasteiger partial charge >= 0.3 is 0 Å². The molecular weight excluding hydrogens is 276 g/mol. The van der Waals surface area contributed by atoms with Crippen LogP contribution in [0.25, 0.3) is 0 Å². The molecule has 1 saturated heterocycles. The highest BCUT2D eigenvalue weighted by molar-refractivity contribution is 7.89. The van der Waals surface area contributed by atoms with Gasteiger partial charge in [-0.1, -0.05) is 24.3 Å². The summed E-state index contributed by atoms with van der Waals surface area (Å²) in [6.45, 7) is 3.38. The van der Waals surface area contributed by atoms with Crippen LogP contribution in [0.4, 0.5) is 0 Å². The lowest BCUT2D eigenvalue weighted by atomic mass is 10.1. The first-order valence-electron chi connectivity index (χ1n) is 6.83. The maximum absolute atomic E-state index is 11.5. The smallest absolute Gasteiger partial charge is 0.222 e. The van der Waals surface area contributed by atoms with Crippen molar-refractivity contribution < 1.29 is 13.2 Å². The standard InChI is InChI=1S/C14H20N2O3S/c1-2-20(18,19)15-10-12-5-7-13(8-6-12)11-16-9-3-4-14(16)17/h5-8,15H,2-4,9-11H2,1H3. The molecule has 1 heterocycles. The Morgan fingerprint density at radius 2 is 1.85 bits per heavy atom. The minimum atomic E-state index is -3.16. The number of nitrogens with zero attached hydrogens (tertiary/aromatic N) is 1. The summed E-state index contributed by atoms with van der Waals surface area (Å²) in [5.74, 6) is 0.298. The van der Waals surface area contributed by atoms with Crippen molar-refractivity contribution in [2.75, 3.05) is 12.3 Å². The molecule has 0 atom stereocenters. The van der Waals surface area contributed by atoms with Crippen molar-refractivity contribution in [3.05, 3.63) is 35.4 Å². The lowest BCUT2D eigenvalue weighted by molar-refractivity contribution is -0.128. The first-order chi connectivity index (χ1) is 9.50. The van der Waals surface area contributed by atoms with Gasteiger partial charge in [0.2, 0.25) is 15.9 Å². The van der Waals surface area contributed by atoms with Gasteiger partial charge in [0, 0.05) is 26.1 Å². The number of carbonyl (C=O) groups excluding carboxylic acids is 1. The van der Waals surface area contributed by atoms with Gasteiger partial charge in [-0.25, -0.2) is 13.1 Å². The number of amides is 1. The van der Waals surface area contributed by atoms with Crippen LogP contribution in [0.15, 0.2) is 24.3 Å². The number of nitrogens with one attached hydrogen (secondary N) is 1. The number of hydrogen-bond donors (Lipinski definition) is 1. The average Bonchev–Trinajstić information content (AvgIpc) is 2.84. The highest BCUT2D eigenvalue weighted by atomic mass is 32.2. The summed E-state index contributed by atoms with van der Waals surface area (Å²) in [6, 6.07) is 7.68. The second-order valence-electron chi connectivity index (χ2n) is 4.96. The van der Waals surface area contributed by atoms with E-state index in [1.54, 1.807) is 6.92 Å². The summed E-state index contributed by atoms with van der Waals surface area (Å²) in [7, 11) is -3.16. The zero-order chi connectivity index (χ0) is 14.6. The molecule has 0 radical (unpaired) electrons. The van der Waals surface area contributed by atoms with E-state index in [4.69, 9.17) is 0 Å². The second kappa shape index (κ2) is 6.37. The molecule has 0 spiro atoms. The fourth-order valence-corrected chi connectivity index (χ4v) is 2.74. The largest absolute Gasteiger partial charge is 0.338 e. The normalized spacial score (nSPS) is 15.8. The van der Waals surface area contributed by atoms with E-state index in [9.17, 15) is 13.2 Å². The van der Waals surface area contributed by atoms with Crippen molar-refractivity contribution in [2.24, 2.45) is 0 Å².